The van der Waals surface area contributed by atoms with Crippen molar-refractivity contribution in [2.24, 2.45) is 0 Å². The summed E-state index contributed by atoms with van der Waals surface area (Å²) in [5.41, 5.74) is 9.03. The van der Waals surface area contributed by atoms with Gasteiger partial charge in [0.1, 0.15) is 0 Å². The lowest BCUT2D eigenvalue weighted by molar-refractivity contribution is 1.07. The minimum Gasteiger partial charge on any atom is -0.309 e. The first-order chi connectivity index (χ1) is 28.3. The molecule has 12 rings (SSSR count). The summed E-state index contributed by atoms with van der Waals surface area (Å²) in [4.78, 5) is 15.0. The Balaban J connectivity index is 1.06. The first-order valence-electron chi connectivity index (χ1n) is 19.0. The monoisotopic (exact) mass is 762 g/mol. The highest BCUT2D eigenvalue weighted by molar-refractivity contribution is 7.27. The average Bonchev–Trinajstić information content (AvgIpc) is 3.96. The lowest BCUT2D eigenvalue weighted by Crippen LogP contribution is -1.99. The molecule has 0 aliphatic carbocycles. The van der Waals surface area contributed by atoms with Crippen LogP contribution in [-0.4, -0.2) is 19.5 Å². The maximum Gasteiger partial charge on any atom is 0.164 e. The van der Waals surface area contributed by atoms with E-state index >= 15 is 0 Å². The molecule has 0 saturated carbocycles. The van der Waals surface area contributed by atoms with Crippen LogP contribution in [0.1, 0.15) is 0 Å². The molecule has 8 aromatic carbocycles. The van der Waals surface area contributed by atoms with Gasteiger partial charge in [-0.3, -0.25) is 0 Å². The normalized spacial score (nSPS) is 11.9. The van der Waals surface area contributed by atoms with E-state index in [9.17, 15) is 0 Å². The van der Waals surface area contributed by atoms with Crippen LogP contribution >= 0.6 is 22.7 Å². The number of hydrogen-bond donors (Lipinski definition) is 0. The summed E-state index contributed by atoms with van der Waals surface area (Å²) in [5.74, 6) is 1.98. The van der Waals surface area contributed by atoms with Crippen LogP contribution in [0.25, 0.3) is 113 Å². The van der Waals surface area contributed by atoms with Gasteiger partial charge in [0, 0.05) is 73.4 Å². The summed E-state index contributed by atoms with van der Waals surface area (Å²) in [7, 11) is 0. The molecule has 4 aromatic heterocycles. The van der Waals surface area contributed by atoms with E-state index in [1.54, 1.807) is 0 Å². The molecule has 0 fully saturated rings. The third kappa shape index (κ3) is 5.08. The second-order valence-corrected chi connectivity index (χ2v) is 16.5. The van der Waals surface area contributed by atoms with Gasteiger partial charge in [0.25, 0.3) is 0 Å². The van der Waals surface area contributed by atoms with Gasteiger partial charge in [-0.15, -0.1) is 22.7 Å². The zero-order chi connectivity index (χ0) is 37.5. The average molecular weight is 763 g/mol. The van der Waals surface area contributed by atoms with Crippen molar-refractivity contribution in [3.63, 3.8) is 0 Å². The highest BCUT2D eigenvalue weighted by atomic mass is 32.1. The molecule has 4 heterocycles. The molecule has 12 aromatic rings. The lowest BCUT2D eigenvalue weighted by Gasteiger charge is -2.12. The maximum absolute atomic E-state index is 5.03. The molecule has 0 saturated heterocycles. The third-order valence-corrected chi connectivity index (χ3v) is 13.4. The number of para-hydroxylation sites is 2. The van der Waals surface area contributed by atoms with Gasteiger partial charge in [0.05, 0.1) is 16.7 Å². The first-order valence-corrected chi connectivity index (χ1v) is 20.7. The van der Waals surface area contributed by atoms with E-state index in [4.69, 9.17) is 15.0 Å². The van der Waals surface area contributed by atoms with Crippen LogP contribution in [0.5, 0.6) is 0 Å². The van der Waals surface area contributed by atoms with E-state index in [1.807, 2.05) is 83.3 Å². The number of aromatic nitrogens is 4. The number of nitrogens with zero attached hydrogens (tertiary/aromatic N) is 4. The second-order valence-electron chi connectivity index (χ2n) is 14.3. The van der Waals surface area contributed by atoms with Gasteiger partial charge in [0.2, 0.25) is 0 Å². The fraction of sp³-hybridized carbons (Fsp3) is 0. The first kappa shape index (κ1) is 32.3. The zero-order valence-corrected chi connectivity index (χ0v) is 32.1. The molecule has 0 aliphatic heterocycles. The van der Waals surface area contributed by atoms with Gasteiger partial charge in [-0.05, 0) is 42.0 Å². The van der Waals surface area contributed by atoms with Crippen molar-refractivity contribution >= 4 is 84.8 Å². The summed E-state index contributed by atoms with van der Waals surface area (Å²) in [6.07, 6.45) is 0. The van der Waals surface area contributed by atoms with E-state index < -0.39 is 0 Å². The standard InChI is InChI=1S/C51H30N4S2/c1-3-14-31(15-4-1)49-52-50(32-16-5-2-6-17-32)54-51(53-49)33-28-29-36-38-21-11-22-39(48(38)57-45(36)30-33)37-20-12-26-43-46(37)47-42(25-13-27-44(47)56-43)55-40-23-9-7-18-34(40)35-19-8-10-24-41(35)55/h1-30H. The summed E-state index contributed by atoms with van der Waals surface area (Å²) in [6.45, 7) is 0. The van der Waals surface area contributed by atoms with Crippen LogP contribution < -0.4 is 0 Å². The number of thiophene rings is 2. The molecule has 0 radical (unpaired) electrons. The van der Waals surface area contributed by atoms with Gasteiger partial charge in [-0.1, -0.05) is 146 Å². The second kappa shape index (κ2) is 12.8. The number of benzene rings is 8. The Labute approximate surface area is 335 Å². The van der Waals surface area contributed by atoms with E-state index in [1.165, 1.54) is 79.0 Å². The Kier molecular flexibility index (Phi) is 7.24. The predicted octanol–water partition coefficient (Wildman–Crippen LogP) is 14.4. The SMILES string of the molecule is c1ccc(-c2nc(-c3ccccc3)nc(-c3ccc4c(c3)sc3c(-c5cccc6sc7cccc(-n8c9ccccc9c9ccccc98)c7c56)cccc34)n2)cc1. The van der Waals surface area contributed by atoms with Crippen LogP contribution in [0.3, 0.4) is 0 Å². The predicted molar refractivity (Wildman–Crippen MR) is 242 cm³/mol. The molecular weight excluding hydrogens is 733 g/mol. The minimum absolute atomic E-state index is 0.661. The molecule has 0 aliphatic rings. The molecule has 0 unspecified atom stereocenters. The molecule has 0 spiro atoms. The molecule has 0 atom stereocenters. The van der Waals surface area contributed by atoms with Crippen LogP contribution in [0.2, 0.25) is 0 Å². The fourth-order valence-electron chi connectivity index (χ4n) is 8.53. The zero-order valence-electron chi connectivity index (χ0n) is 30.4. The number of rotatable bonds is 5. The van der Waals surface area contributed by atoms with Crippen LogP contribution in [0, 0.1) is 0 Å². The Morgan fingerprint density at radius 1 is 0.351 bits per heavy atom. The van der Waals surface area contributed by atoms with Crippen molar-refractivity contribution in [1.29, 1.82) is 0 Å². The van der Waals surface area contributed by atoms with E-state index in [2.05, 4.69) is 126 Å². The molecule has 6 heteroatoms. The van der Waals surface area contributed by atoms with Crippen molar-refractivity contribution in [1.82, 2.24) is 19.5 Å². The Hall–Kier alpha value is -6.99. The van der Waals surface area contributed by atoms with Gasteiger partial charge >= 0.3 is 0 Å². The summed E-state index contributed by atoms with van der Waals surface area (Å²) >= 11 is 3.72. The molecule has 0 bridgehead atoms. The smallest absolute Gasteiger partial charge is 0.164 e. The van der Waals surface area contributed by atoms with E-state index in [0.717, 1.165) is 16.7 Å². The topological polar surface area (TPSA) is 43.6 Å². The largest absolute Gasteiger partial charge is 0.309 e. The van der Waals surface area contributed by atoms with E-state index in [-0.39, 0.29) is 0 Å². The van der Waals surface area contributed by atoms with Crippen LogP contribution in [0.4, 0.5) is 0 Å². The lowest BCUT2D eigenvalue weighted by atomic mass is 9.97. The summed E-state index contributed by atoms with van der Waals surface area (Å²) in [6, 6.07) is 64.8. The highest BCUT2D eigenvalue weighted by Crippen LogP contribution is 2.48. The molecule has 0 N–H and O–H groups in total. The fourth-order valence-corrected chi connectivity index (χ4v) is 11.0. The van der Waals surface area contributed by atoms with Crippen LogP contribution in [-0.2, 0) is 0 Å². The molecule has 57 heavy (non-hydrogen) atoms. The summed E-state index contributed by atoms with van der Waals surface area (Å²) < 4.78 is 7.51. The third-order valence-electron chi connectivity index (χ3n) is 11.1. The van der Waals surface area contributed by atoms with Crippen molar-refractivity contribution < 1.29 is 0 Å². The Morgan fingerprint density at radius 2 is 0.895 bits per heavy atom. The Bertz CT molecular complexity index is 3410. The molecule has 266 valence electrons. The maximum atomic E-state index is 5.03. The van der Waals surface area contributed by atoms with Crippen molar-refractivity contribution in [3.8, 4) is 51.0 Å². The van der Waals surface area contributed by atoms with Gasteiger partial charge in [0.15, 0.2) is 17.5 Å². The number of hydrogen-bond acceptors (Lipinski definition) is 5. The van der Waals surface area contributed by atoms with Gasteiger partial charge in [-0.2, -0.15) is 0 Å². The van der Waals surface area contributed by atoms with Gasteiger partial charge < -0.3 is 4.57 Å². The molecule has 0 amide bonds. The minimum atomic E-state index is 0.661. The quantitative estimate of drug-likeness (QED) is 0.175. The van der Waals surface area contributed by atoms with Crippen molar-refractivity contribution in [2.45, 2.75) is 0 Å². The van der Waals surface area contributed by atoms with Crippen LogP contribution in [0.15, 0.2) is 182 Å². The van der Waals surface area contributed by atoms with Crippen molar-refractivity contribution in [2.75, 3.05) is 0 Å². The summed E-state index contributed by atoms with van der Waals surface area (Å²) in [5, 5.41) is 7.61. The molecule has 4 nitrogen and oxygen atoms in total. The molecular formula is C51H30N4S2. The van der Waals surface area contributed by atoms with E-state index in [0.29, 0.717) is 17.5 Å². The van der Waals surface area contributed by atoms with Gasteiger partial charge in [-0.25, -0.2) is 15.0 Å². The highest BCUT2D eigenvalue weighted by Gasteiger charge is 2.21. The Morgan fingerprint density at radius 3 is 1.58 bits per heavy atom. The van der Waals surface area contributed by atoms with Crippen molar-refractivity contribution in [3.05, 3.63) is 182 Å². The number of fused-ring (bicyclic) bond motifs is 9.